The number of nitrogens with zero attached hydrogens (tertiary/aromatic N) is 1. The molecule has 0 saturated carbocycles. The lowest BCUT2D eigenvalue weighted by Gasteiger charge is -2.38. The van der Waals surface area contributed by atoms with Crippen LogP contribution < -0.4 is 10.6 Å². The SMILES string of the molecule is Cc1ccc(N2CC(N)CC(c3ccc(F)cc3)C2)cc1. The molecule has 3 rings (SSSR count). The summed E-state index contributed by atoms with van der Waals surface area (Å²) in [7, 11) is 0. The Hall–Kier alpha value is -1.87. The van der Waals surface area contributed by atoms with Gasteiger partial charge in [0.2, 0.25) is 0 Å². The molecule has 1 aliphatic heterocycles. The molecule has 0 spiro atoms. The zero-order valence-corrected chi connectivity index (χ0v) is 12.3. The van der Waals surface area contributed by atoms with Gasteiger partial charge in [-0.05, 0) is 43.2 Å². The molecule has 0 radical (unpaired) electrons. The van der Waals surface area contributed by atoms with E-state index in [-0.39, 0.29) is 11.9 Å². The number of hydrogen-bond donors (Lipinski definition) is 1. The van der Waals surface area contributed by atoms with E-state index < -0.39 is 0 Å². The van der Waals surface area contributed by atoms with E-state index in [9.17, 15) is 4.39 Å². The van der Waals surface area contributed by atoms with Crippen molar-refractivity contribution in [3.05, 3.63) is 65.5 Å². The zero-order chi connectivity index (χ0) is 14.8. The van der Waals surface area contributed by atoms with E-state index in [1.54, 1.807) is 0 Å². The third kappa shape index (κ3) is 3.24. The molecule has 0 aliphatic carbocycles. The van der Waals surface area contributed by atoms with E-state index in [1.807, 2.05) is 12.1 Å². The molecule has 0 aromatic heterocycles. The molecular weight excluding hydrogens is 263 g/mol. The smallest absolute Gasteiger partial charge is 0.123 e. The first kappa shape index (κ1) is 14.1. The van der Waals surface area contributed by atoms with Crippen molar-refractivity contribution in [2.75, 3.05) is 18.0 Å². The second-order valence-corrected chi connectivity index (χ2v) is 5.98. The van der Waals surface area contributed by atoms with Gasteiger partial charge in [-0.2, -0.15) is 0 Å². The Balaban J connectivity index is 1.81. The summed E-state index contributed by atoms with van der Waals surface area (Å²) < 4.78 is 13.1. The van der Waals surface area contributed by atoms with Gasteiger partial charge in [0.1, 0.15) is 5.82 Å². The molecule has 2 aromatic carbocycles. The van der Waals surface area contributed by atoms with Crippen molar-refractivity contribution in [2.24, 2.45) is 5.73 Å². The molecule has 0 amide bonds. The second kappa shape index (κ2) is 5.86. The molecule has 1 aliphatic rings. The Morgan fingerprint density at radius 1 is 1.00 bits per heavy atom. The van der Waals surface area contributed by atoms with Gasteiger partial charge in [-0.25, -0.2) is 4.39 Å². The van der Waals surface area contributed by atoms with Crippen LogP contribution in [0.15, 0.2) is 48.5 Å². The van der Waals surface area contributed by atoms with Crippen molar-refractivity contribution >= 4 is 5.69 Å². The fourth-order valence-electron chi connectivity index (χ4n) is 3.08. The maximum Gasteiger partial charge on any atom is 0.123 e. The van der Waals surface area contributed by atoms with Gasteiger partial charge in [0.15, 0.2) is 0 Å². The molecule has 3 heteroatoms. The molecule has 2 aromatic rings. The molecule has 1 heterocycles. The fourth-order valence-corrected chi connectivity index (χ4v) is 3.08. The maximum atomic E-state index is 13.1. The molecule has 2 N–H and O–H groups in total. The highest BCUT2D eigenvalue weighted by Crippen LogP contribution is 2.29. The van der Waals surface area contributed by atoms with E-state index >= 15 is 0 Å². The van der Waals surface area contributed by atoms with E-state index in [2.05, 4.69) is 36.1 Å². The van der Waals surface area contributed by atoms with Crippen LogP contribution in [0.2, 0.25) is 0 Å². The predicted molar refractivity (Wildman–Crippen MR) is 85.1 cm³/mol. The van der Waals surface area contributed by atoms with Crippen molar-refractivity contribution < 1.29 is 4.39 Å². The number of anilines is 1. The molecule has 110 valence electrons. The van der Waals surface area contributed by atoms with E-state index in [0.717, 1.165) is 19.5 Å². The number of nitrogens with two attached hydrogens (primary N) is 1. The zero-order valence-electron chi connectivity index (χ0n) is 12.3. The van der Waals surface area contributed by atoms with Crippen LogP contribution in [0.4, 0.5) is 10.1 Å². The minimum Gasteiger partial charge on any atom is -0.369 e. The van der Waals surface area contributed by atoms with Crippen LogP contribution in [-0.2, 0) is 0 Å². The first-order chi connectivity index (χ1) is 10.1. The number of aryl methyl sites for hydroxylation is 1. The molecule has 21 heavy (non-hydrogen) atoms. The van der Waals surface area contributed by atoms with Crippen molar-refractivity contribution in [3.8, 4) is 0 Å². The quantitative estimate of drug-likeness (QED) is 0.915. The maximum absolute atomic E-state index is 13.1. The topological polar surface area (TPSA) is 29.3 Å². The van der Waals surface area contributed by atoms with Gasteiger partial charge in [0.05, 0.1) is 0 Å². The van der Waals surface area contributed by atoms with Gasteiger partial charge in [-0.15, -0.1) is 0 Å². The van der Waals surface area contributed by atoms with Gasteiger partial charge < -0.3 is 10.6 Å². The Labute approximate surface area is 125 Å². The van der Waals surface area contributed by atoms with Gasteiger partial charge in [0, 0.05) is 30.7 Å². The number of hydrogen-bond acceptors (Lipinski definition) is 2. The van der Waals surface area contributed by atoms with Gasteiger partial charge in [0.25, 0.3) is 0 Å². The fraction of sp³-hybridized carbons (Fsp3) is 0.333. The molecule has 0 bridgehead atoms. The average Bonchev–Trinajstić information content (AvgIpc) is 2.48. The van der Waals surface area contributed by atoms with Crippen molar-refractivity contribution in [1.29, 1.82) is 0 Å². The summed E-state index contributed by atoms with van der Waals surface area (Å²) in [5, 5.41) is 0. The Morgan fingerprint density at radius 2 is 1.67 bits per heavy atom. The third-order valence-corrected chi connectivity index (χ3v) is 4.22. The van der Waals surface area contributed by atoms with E-state index in [0.29, 0.717) is 5.92 Å². The molecule has 1 fully saturated rings. The van der Waals surface area contributed by atoms with Crippen LogP contribution in [0.1, 0.15) is 23.5 Å². The summed E-state index contributed by atoms with van der Waals surface area (Å²) >= 11 is 0. The third-order valence-electron chi connectivity index (χ3n) is 4.22. The Kier molecular flexibility index (Phi) is 3.93. The molecule has 2 atom stereocenters. The van der Waals surface area contributed by atoms with Crippen LogP contribution in [-0.4, -0.2) is 19.1 Å². The number of halogens is 1. The summed E-state index contributed by atoms with van der Waals surface area (Å²) in [5.74, 6) is 0.171. The van der Waals surface area contributed by atoms with Crippen molar-refractivity contribution in [2.45, 2.75) is 25.3 Å². The average molecular weight is 284 g/mol. The van der Waals surface area contributed by atoms with Crippen LogP contribution in [0.25, 0.3) is 0 Å². The monoisotopic (exact) mass is 284 g/mol. The van der Waals surface area contributed by atoms with Crippen LogP contribution in [0.3, 0.4) is 0 Å². The van der Waals surface area contributed by atoms with Gasteiger partial charge in [-0.3, -0.25) is 0 Å². The number of rotatable bonds is 2. The molecular formula is C18H21FN2. The Bertz CT molecular complexity index is 538. The second-order valence-electron chi connectivity index (χ2n) is 5.98. The minimum absolute atomic E-state index is 0.148. The summed E-state index contributed by atoms with van der Waals surface area (Å²) in [6, 6.07) is 15.5. The summed E-state index contributed by atoms with van der Waals surface area (Å²) in [4.78, 5) is 2.33. The normalized spacial score (nSPS) is 22.3. The van der Waals surface area contributed by atoms with E-state index in [1.165, 1.54) is 28.9 Å². The lowest BCUT2D eigenvalue weighted by Crippen LogP contribution is -2.46. The molecule has 2 unspecified atom stereocenters. The number of benzene rings is 2. The van der Waals surface area contributed by atoms with Crippen molar-refractivity contribution in [1.82, 2.24) is 0 Å². The highest BCUT2D eigenvalue weighted by Gasteiger charge is 2.26. The summed E-state index contributed by atoms with van der Waals surface area (Å²) in [6.07, 6.45) is 0.952. The van der Waals surface area contributed by atoms with Crippen molar-refractivity contribution in [3.63, 3.8) is 0 Å². The number of piperidine rings is 1. The van der Waals surface area contributed by atoms with Crippen LogP contribution in [0.5, 0.6) is 0 Å². The molecule has 1 saturated heterocycles. The molecule has 2 nitrogen and oxygen atoms in total. The first-order valence-electron chi connectivity index (χ1n) is 7.44. The predicted octanol–water partition coefficient (Wildman–Crippen LogP) is 3.46. The highest BCUT2D eigenvalue weighted by atomic mass is 19.1. The summed E-state index contributed by atoms with van der Waals surface area (Å²) in [5.41, 5.74) is 9.87. The lowest BCUT2D eigenvalue weighted by atomic mass is 9.88. The van der Waals surface area contributed by atoms with Gasteiger partial charge in [-0.1, -0.05) is 29.8 Å². The highest BCUT2D eigenvalue weighted by molar-refractivity contribution is 5.49. The van der Waals surface area contributed by atoms with Crippen LogP contribution in [0, 0.1) is 12.7 Å². The van der Waals surface area contributed by atoms with Crippen LogP contribution >= 0.6 is 0 Å². The lowest BCUT2D eigenvalue weighted by molar-refractivity contribution is 0.453. The van der Waals surface area contributed by atoms with E-state index in [4.69, 9.17) is 5.73 Å². The largest absolute Gasteiger partial charge is 0.369 e. The standard InChI is InChI=1S/C18H21FN2/c1-13-2-8-18(9-3-13)21-11-15(10-17(20)12-21)14-4-6-16(19)7-5-14/h2-9,15,17H,10-12,20H2,1H3. The first-order valence-corrected chi connectivity index (χ1v) is 7.44. The summed E-state index contributed by atoms with van der Waals surface area (Å²) in [6.45, 7) is 3.90. The minimum atomic E-state index is -0.186. The van der Waals surface area contributed by atoms with Gasteiger partial charge >= 0.3 is 0 Å². The Morgan fingerprint density at radius 3 is 2.33 bits per heavy atom.